The molecule has 1 atom stereocenters. The summed E-state index contributed by atoms with van der Waals surface area (Å²) in [6, 6.07) is 11.7. The molecule has 2 heterocycles. The van der Waals surface area contributed by atoms with Crippen LogP contribution in [0, 0.1) is 5.92 Å². The number of hydrogen-bond donors (Lipinski definition) is 1. The van der Waals surface area contributed by atoms with E-state index in [1.54, 1.807) is 25.3 Å². The van der Waals surface area contributed by atoms with Gasteiger partial charge in [0.1, 0.15) is 11.5 Å². The molecule has 0 unspecified atom stereocenters. The highest BCUT2D eigenvalue weighted by molar-refractivity contribution is 5.73. The highest BCUT2D eigenvalue weighted by Crippen LogP contribution is 2.31. The number of rotatable bonds is 6. The van der Waals surface area contributed by atoms with Crippen LogP contribution in [0.2, 0.25) is 0 Å². The summed E-state index contributed by atoms with van der Waals surface area (Å²) in [4.78, 5) is 16.2. The van der Waals surface area contributed by atoms with Crippen LogP contribution in [0.15, 0.2) is 47.1 Å². The molecule has 1 aromatic carbocycles. The van der Waals surface area contributed by atoms with Gasteiger partial charge in [-0.25, -0.2) is 4.79 Å². The molecule has 0 saturated carbocycles. The van der Waals surface area contributed by atoms with E-state index >= 15 is 0 Å². The third-order valence-electron chi connectivity index (χ3n) is 4.57. The van der Waals surface area contributed by atoms with Crippen molar-refractivity contribution in [1.29, 1.82) is 0 Å². The number of carbonyl (C=O) groups excluding carboxylic acids is 1. The smallest absolute Gasteiger partial charge is 0.317 e. The lowest BCUT2D eigenvalue weighted by atomic mass is 10.1. The van der Waals surface area contributed by atoms with Gasteiger partial charge in [-0.15, -0.1) is 0 Å². The Bertz CT molecular complexity index is 687. The van der Waals surface area contributed by atoms with E-state index in [4.69, 9.17) is 9.15 Å². The summed E-state index contributed by atoms with van der Waals surface area (Å²) in [7, 11) is 3.47. The van der Waals surface area contributed by atoms with E-state index in [9.17, 15) is 4.79 Å². The van der Waals surface area contributed by atoms with Crippen LogP contribution in [-0.2, 0) is 6.54 Å². The molecule has 0 spiro atoms. The number of benzene rings is 1. The zero-order chi connectivity index (χ0) is 17.6. The van der Waals surface area contributed by atoms with Gasteiger partial charge in [0.2, 0.25) is 0 Å². The van der Waals surface area contributed by atoms with Crippen molar-refractivity contribution in [3.05, 3.63) is 48.4 Å². The summed E-state index contributed by atoms with van der Waals surface area (Å²) in [5.41, 5.74) is 1.12. The van der Waals surface area contributed by atoms with Crippen molar-refractivity contribution in [3.8, 4) is 5.75 Å². The largest absolute Gasteiger partial charge is 0.495 e. The van der Waals surface area contributed by atoms with Crippen LogP contribution in [-0.4, -0.2) is 44.7 Å². The SMILES string of the molecule is COc1ccccc1N1CC[C@H](CNC(=O)N(C)Cc2ccco2)C1. The molecule has 2 aromatic rings. The lowest BCUT2D eigenvalue weighted by Crippen LogP contribution is -2.39. The van der Waals surface area contributed by atoms with Crippen LogP contribution in [0.1, 0.15) is 12.2 Å². The van der Waals surface area contributed by atoms with Crippen molar-refractivity contribution in [1.82, 2.24) is 10.2 Å². The highest BCUT2D eigenvalue weighted by atomic mass is 16.5. The maximum absolute atomic E-state index is 12.2. The van der Waals surface area contributed by atoms with Crippen LogP contribution in [0.25, 0.3) is 0 Å². The van der Waals surface area contributed by atoms with E-state index in [1.165, 1.54) is 0 Å². The fourth-order valence-electron chi connectivity index (χ4n) is 3.18. The van der Waals surface area contributed by atoms with Crippen LogP contribution < -0.4 is 15.0 Å². The number of methoxy groups -OCH3 is 1. The summed E-state index contributed by atoms with van der Waals surface area (Å²) in [6.45, 7) is 3.04. The average Bonchev–Trinajstić information content (AvgIpc) is 3.31. The number of nitrogens with zero attached hydrogens (tertiary/aromatic N) is 2. The first kappa shape index (κ1) is 17.2. The van der Waals surface area contributed by atoms with E-state index in [1.807, 2.05) is 30.3 Å². The Kier molecular flexibility index (Phi) is 5.48. The zero-order valence-electron chi connectivity index (χ0n) is 14.8. The van der Waals surface area contributed by atoms with Gasteiger partial charge in [0.25, 0.3) is 0 Å². The van der Waals surface area contributed by atoms with Gasteiger partial charge in [-0.2, -0.15) is 0 Å². The van der Waals surface area contributed by atoms with E-state index in [0.29, 0.717) is 19.0 Å². The van der Waals surface area contributed by atoms with Crippen LogP contribution >= 0.6 is 0 Å². The molecule has 1 aromatic heterocycles. The van der Waals surface area contributed by atoms with Gasteiger partial charge in [-0.05, 0) is 36.6 Å². The fraction of sp³-hybridized carbons (Fsp3) is 0.421. The summed E-state index contributed by atoms with van der Waals surface area (Å²) in [5.74, 6) is 2.11. The Balaban J connectivity index is 1.47. The quantitative estimate of drug-likeness (QED) is 0.876. The van der Waals surface area contributed by atoms with Gasteiger partial charge in [0, 0.05) is 26.7 Å². The van der Waals surface area contributed by atoms with E-state index in [2.05, 4.69) is 16.3 Å². The van der Waals surface area contributed by atoms with E-state index in [-0.39, 0.29) is 6.03 Å². The minimum Gasteiger partial charge on any atom is -0.495 e. The number of ether oxygens (including phenoxy) is 1. The summed E-state index contributed by atoms with van der Waals surface area (Å²) < 4.78 is 10.7. The lowest BCUT2D eigenvalue weighted by Gasteiger charge is -2.22. The second kappa shape index (κ2) is 7.96. The molecule has 6 heteroatoms. The molecule has 134 valence electrons. The maximum atomic E-state index is 12.2. The number of carbonyl (C=O) groups is 1. The van der Waals surface area contributed by atoms with Crippen molar-refractivity contribution < 1.29 is 13.9 Å². The molecular weight excluding hydrogens is 318 g/mol. The number of anilines is 1. The second-order valence-corrected chi connectivity index (χ2v) is 6.39. The third-order valence-corrected chi connectivity index (χ3v) is 4.57. The molecule has 0 bridgehead atoms. The lowest BCUT2D eigenvalue weighted by molar-refractivity contribution is 0.201. The molecule has 25 heavy (non-hydrogen) atoms. The third kappa shape index (κ3) is 4.26. The molecule has 0 radical (unpaired) electrons. The van der Waals surface area contributed by atoms with Crippen molar-refractivity contribution in [2.45, 2.75) is 13.0 Å². The number of nitrogens with one attached hydrogen (secondary N) is 1. The summed E-state index contributed by atoms with van der Waals surface area (Å²) in [5, 5.41) is 3.02. The Hall–Kier alpha value is -2.63. The standard InChI is InChI=1S/C19H25N3O3/c1-21(14-16-6-5-11-25-16)19(23)20-12-15-9-10-22(13-15)17-7-3-4-8-18(17)24-2/h3-8,11,15H,9-10,12-14H2,1-2H3,(H,20,23)/t15-/m1/s1. The van der Waals surface area contributed by atoms with Gasteiger partial charge in [0.15, 0.2) is 0 Å². The molecule has 3 rings (SSSR count). The van der Waals surface area contributed by atoms with Gasteiger partial charge in [0.05, 0.1) is 25.6 Å². The Morgan fingerprint density at radius 1 is 1.36 bits per heavy atom. The van der Waals surface area contributed by atoms with E-state index in [0.717, 1.165) is 36.7 Å². The van der Waals surface area contributed by atoms with Gasteiger partial charge in [-0.1, -0.05) is 12.1 Å². The monoisotopic (exact) mass is 343 g/mol. The minimum absolute atomic E-state index is 0.0767. The van der Waals surface area contributed by atoms with Gasteiger partial charge >= 0.3 is 6.03 Å². The van der Waals surface area contributed by atoms with Crippen molar-refractivity contribution >= 4 is 11.7 Å². The molecule has 2 amide bonds. The fourth-order valence-corrected chi connectivity index (χ4v) is 3.18. The zero-order valence-corrected chi connectivity index (χ0v) is 14.8. The molecular formula is C19H25N3O3. The Labute approximate surface area is 148 Å². The molecule has 6 nitrogen and oxygen atoms in total. The van der Waals surface area contributed by atoms with Crippen LogP contribution in [0.5, 0.6) is 5.75 Å². The van der Waals surface area contributed by atoms with Crippen LogP contribution in [0.3, 0.4) is 0 Å². The highest BCUT2D eigenvalue weighted by Gasteiger charge is 2.25. The van der Waals surface area contributed by atoms with Crippen molar-refractivity contribution in [2.24, 2.45) is 5.92 Å². The topological polar surface area (TPSA) is 58.0 Å². The Morgan fingerprint density at radius 2 is 2.20 bits per heavy atom. The number of hydrogen-bond acceptors (Lipinski definition) is 4. The molecule has 0 aliphatic carbocycles. The predicted octanol–water partition coefficient (Wildman–Crippen LogP) is 2.96. The molecule has 1 N–H and O–H groups in total. The molecule has 1 fully saturated rings. The van der Waals surface area contributed by atoms with Crippen molar-refractivity contribution in [3.63, 3.8) is 0 Å². The molecule has 1 aliphatic rings. The predicted molar refractivity (Wildman–Crippen MR) is 96.9 cm³/mol. The maximum Gasteiger partial charge on any atom is 0.317 e. The number of urea groups is 1. The summed E-state index contributed by atoms with van der Waals surface area (Å²) in [6.07, 6.45) is 2.67. The molecule has 1 saturated heterocycles. The number of furan rings is 1. The second-order valence-electron chi connectivity index (χ2n) is 6.39. The average molecular weight is 343 g/mol. The first-order valence-corrected chi connectivity index (χ1v) is 8.56. The van der Waals surface area contributed by atoms with E-state index < -0.39 is 0 Å². The Morgan fingerprint density at radius 3 is 2.96 bits per heavy atom. The van der Waals surface area contributed by atoms with Crippen molar-refractivity contribution in [2.75, 3.05) is 38.7 Å². The minimum atomic E-state index is -0.0767. The number of amides is 2. The van der Waals surface area contributed by atoms with Gasteiger partial charge in [-0.3, -0.25) is 0 Å². The molecule has 1 aliphatic heterocycles. The number of para-hydroxylation sites is 2. The normalized spacial score (nSPS) is 16.7. The van der Waals surface area contributed by atoms with Gasteiger partial charge < -0.3 is 24.3 Å². The van der Waals surface area contributed by atoms with Crippen LogP contribution in [0.4, 0.5) is 10.5 Å². The first-order chi connectivity index (χ1) is 12.2. The first-order valence-electron chi connectivity index (χ1n) is 8.56. The summed E-state index contributed by atoms with van der Waals surface area (Å²) >= 11 is 0.